The first-order valence-corrected chi connectivity index (χ1v) is 12.0. The van der Waals surface area contributed by atoms with Crippen molar-refractivity contribution in [1.29, 1.82) is 0 Å². The lowest BCUT2D eigenvalue weighted by Crippen LogP contribution is -2.33. The summed E-state index contributed by atoms with van der Waals surface area (Å²) in [6, 6.07) is 11.6. The maximum absolute atomic E-state index is 12.3. The Hall–Kier alpha value is -2.12. The molecule has 0 aliphatic carbocycles. The summed E-state index contributed by atoms with van der Waals surface area (Å²) in [5, 5.41) is 3.37. The van der Waals surface area contributed by atoms with Crippen LogP contribution in [0.4, 0.5) is 11.4 Å². The topological polar surface area (TPSA) is 80.3 Å². The molecule has 0 amide bonds. The summed E-state index contributed by atoms with van der Waals surface area (Å²) >= 11 is 0. The van der Waals surface area contributed by atoms with Gasteiger partial charge in [0.2, 0.25) is 10.0 Å². The van der Waals surface area contributed by atoms with Gasteiger partial charge in [-0.3, -0.25) is 9.71 Å². The normalized spacial score (nSPS) is 22.5. The van der Waals surface area contributed by atoms with Gasteiger partial charge in [-0.1, -0.05) is 12.1 Å². The summed E-state index contributed by atoms with van der Waals surface area (Å²) in [4.78, 5) is 4.67. The predicted octanol–water partition coefficient (Wildman–Crippen LogP) is 4.90. The summed E-state index contributed by atoms with van der Waals surface area (Å²) in [6.07, 6.45) is 4.44. The molecular formula is C23H33N3O3S. The number of nitrogens with zero attached hydrogens (tertiary/aromatic N) is 1. The molecule has 0 saturated carbocycles. The Morgan fingerprint density at radius 2 is 1.60 bits per heavy atom. The third-order valence-electron chi connectivity index (χ3n) is 5.41. The molecule has 2 atom stereocenters. The molecule has 2 heterocycles. The fourth-order valence-corrected chi connectivity index (χ4v) is 4.35. The minimum absolute atomic E-state index is 0.272. The summed E-state index contributed by atoms with van der Waals surface area (Å²) in [6.45, 7) is 9.91. The number of benzene rings is 1. The summed E-state index contributed by atoms with van der Waals surface area (Å²) in [5.41, 5.74) is 3.71. The number of anilines is 2. The molecule has 1 aromatic carbocycles. The van der Waals surface area contributed by atoms with Crippen molar-refractivity contribution in [2.45, 2.75) is 76.9 Å². The molecule has 0 unspecified atom stereocenters. The fourth-order valence-electron chi connectivity index (χ4n) is 3.60. The van der Waals surface area contributed by atoms with Crippen molar-refractivity contribution in [2.24, 2.45) is 0 Å². The van der Waals surface area contributed by atoms with Crippen LogP contribution in [0, 0.1) is 0 Å². The quantitative estimate of drug-likeness (QED) is 0.680. The number of nitrogens with one attached hydrogen (secondary N) is 2. The summed E-state index contributed by atoms with van der Waals surface area (Å²) < 4.78 is 32.1. The van der Waals surface area contributed by atoms with Crippen molar-refractivity contribution in [3.8, 4) is 0 Å². The SMILES string of the molecule is C[C@@H]1CC(c2ccc(NCc3ccc(NS(=O)(=O)C(C)(C)C)cc3)cn2)C[C@@H](C)O1. The molecule has 7 heteroatoms. The monoisotopic (exact) mass is 431 g/mol. The standard InChI is InChI=1S/C23H33N3O3S/c1-16-12-19(13-17(2)29-16)22-11-10-21(15-25-22)24-14-18-6-8-20(9-7-18)26-30(27,28)23(3,4)5/h6-11,15-17,19,24,26H,12-14H2,1-5H3/t16-,17-/m1/s1. The number of aromatic nitrogens is 1. The zero-order chi connectivity index (χ0) is 21.9. The van der Waals surface area contributed by atoms with E-state index in [1.54, 1.807) is 32.9 Å². The van der Waals surface area contributed by atoms with Gasteiger partial charge in [-0.25, -0.2) is 8.42 Å². The molecule has 164 valence electrons. The zero-order valence-corrected chi connectivity index (χ0v) is 19.3. The lowest BCUT2D eigenvalue weighted by Gasteiger charge is -2.31. The van der Waals surface area contributed by atoms with E-state index in [2.05, 4.69) is 41.0 Å². The van der Waals surface area contributed by atoms with Crippen LogP contribution in [0.25, 0.3) is 0 Å². The van der Waals surface area contributed by atoms with E-state index in [4.69, 9.17) is 4.74 Å². The van der Waals surface area contributed by atoms with Gasteiger partial charge in [0.25, 0.3) is 0 Å². The van der Waals surface area contributed by atoms with Crippen molar-refractivity contribution in [2.75, 3.05) is 10.0 Å². The Morgan fingerprint density at radius 3 is 2.13 bits per heavy atom. The van der Waals surface area contributed by atoms with Crippen LogP contribution in [0.1, 0.15) is 64.6 Å². The van der Waals surface area contributed by atoms with E-state index in [1.165, 1.54) is 0 Å². The largest absolute Gasteiger partial charge is 0.380 e. The van der Waals surface area contributed by atoms with E-state index in [9.17, 15) is 8.42 Å². The van der Waals surface area contributed by atoms with E-state index >= 15 is 0 Å². The second kappa shape index (κ2) is 8.94. The second-order valence-electron chi connectivity index (χ2n) is 9.17. The molecule has 0 bridgehead atoms. The average Bonchev–Trinajstić information content (AvgIpc) is 2.66. The van der Waals surface area contributed by atoms with Crippen LogP contribution in [0.3, 0.4) is 0 Å². The van der Waals surface area contributed by atoms with Gasteiger partial charge in [-0.05, 0) is 77.3 Å². The van der Waals surface area contributed by atoms with E-state index in [0.717, 1.165) is 29.8 Å². The molecule has 2 N–H and O–H groups in total. The predicted molar refractivity (Wildman–Crippen MR) is 122 cm³/mol. The number of hydrogen-bond donors (Lipinski definition) is 2. The van der Waals surface area contributed by atoms with Crippen LogP contribution < -0.4 is 10.0 Å². The van der Waals surface area contributed by atoms with Crippen molar-refractivity contribution in [1.82, 2.24) is 4.98 Å². The van der Waals surface area contributed by atoms with Gasteiger partial charge >= 0.3 is 0 Å². The van der Waals surface area contributed by atoms with Gasteiger partial charge < -0.3 is 10.1 Å². The van der Waals surface area contributed by atoms with E-state index in [-0.39, 0.29) is 12.2 Å². The van der Waals surface area contributed by atoms with Gasteiger partial charge in [0, 0.05) is 23.8 Å². The summed E-state index contributed by atoms with van der Waals surface area (Å²) in [7, 11) is -3.42. The van der Waals surface area contributed by atoms with Crippen molar-refractivity contribution >= 4 is 21.4 Å². The number of pyridine rings is 1. The van der Waals surface area contributed by atoms with E-state index in [0.29, 0.717) is 18.2 Å². The van der Waals surface area contributed by atoms with Crippen LogP contribution in [0.15, 0.2) is 42.6 Å². The Kier molecular flexibility index (Phi) is 6.72. The van der Waals surface area contributed by atoms with Gasteiger partial charge in [-0.2, -0.15) is 0 Å². The Balaban J connectivity index is 1.56. The third kappa shape index (κ3) is 5.73. The van der Waals surface area contributed by atoms with Crippen LogP contribution >= 0.6 is 0 Å². The van der Waals surface area contributed by atoms with Crippen LogP contribution in [-0.4, -0.2) is 30.4 Å². The molecule has 30 heavy (non-hydrogen) atoms. The van der Waals surface area contributed by atoms with Gasteiger partial charge in [0.1, 0.15) is 0 Å². The number of ether oxygens (including phenoxy) is 1. The fraction of sp³-hybridized carbons (Fsp3) is 0.522. The molecule has 1 aromatic heterocycles. The number of hydrogen-bond acceptors (Lipinski definition) is 5. The Morgan fingerprint density at radius 1 is 1.00 bits per heavy atom. The van der Waals surface area contributed by atoms with Gasteiger partial charge in [0.05, 0.1) is 28.8 Å². The molecule has 2 aromatic rings. The maximum atomic E-state index is 12.3. The molecular weight excluding hydrogens is 398 g/mol. The Labute approximate surface area is 180 Å². The van der Waals surface area contributed by atoms with Crippen LogP contribution in [0.5, 0.6) is 0 Å². The van der Waals surface area contributed by atoms with Gasteiger partial charge in [-0.15, -0.1) is 0 Å². The Bertz CT molecular complexity index is 925. The molecule has 0 spiro atoms. The van der Waals surface area contributed by atoms with E-state index in [1.807, 2.05) is 18.3 Å². The maximum Gasteiger partial charge on any atom is 0.237 e. The van der Waals surface area contributed by atoms with E-state index < -0.39 is 14.8 Å². The second-order valence-corrected chi connectivity index (χ2v) is 11.6. The van der Waals surface area contributed by atoms with Crippen molar-refractivity contribution in [3.05, 3.63) is 53.9 Å². The average molecular weight is 432 g/mol. The lowest BCUT2D eigenvalue weighted by atomic mass is 9.89. The molecule has 1 aliphatic heterocycles. The van der Waals surface area contributed by atoms with Gasteiger partial charge in [0.15, 0.2) is 0 Å². The first kappa shape index (κ1) is 22.6. The highest BCUT2D eigenvalue weighted by molar-refractivity contribution is 7.94. The van der Waals surface area contributed by atoms with Crippen LogP contribution in [-0.2, 0) is 21.3 Å². The third-order valence-corrected chi connectivity index (χ3v) is 7.53. The lowest BCUT2D eigenvalue weighted by molar-refractivity contribution is -0.0385. The highest BCUT2D eigenvalue weighted by Gasteiger charge is 2.29. The minimum Gasteiger partial charge on any atom is -0.380 e. The van der Waals surface area contributed by atoms with Crippen molar-refractivity contribution in [3.63, 3.8) is 0 Å². The zero-order valence-electron chi connectivity index (χ0n) is 18.5. The number of rotatable bonds is 6. The molecule has 1 saturated heterocycles. The van der Waals surface area contributed by atoms with Crippen LogP contribution in [0.2, 0.25) is 0 Å². The minimum atomic E-state index is -3.42. The molecule has 1 fully saturated rings. The molecule has 1 aliphatic rings. The first-order chi connectivity index (χ1) is 14.0. The highest BCUT2D eigenvalue weighted by atomic mass is 32.2. The summed E-state index contributed by atoms with van der Waals surface area (Å²) in [5.74, 6) is 0.447. The number of sulfonamides is 1. The molecule has 3 rings (SSSR count). The molecule has 6 nitrogen and oxygen atoms in total. The highest BCUT2D eigenvalue weighted by Crippen LogP contribution is 2.32. The smallest absolute Gasteiger partial charge is 0.237 e. The van der Waals surface area contributed by atoms with Crippen molar-refractivity contribution < 1.29 is 13.2 Å². The molecule has 0 radical (unpaired) electrons. The first-order valence-electron chi connectivity index (χ1n) is 10.5.